The number of hydrogen-bond donors (Lipinski definition) is 1. The molecule has 102 valence electrons. The molecule has 0 bridgehead atoms. The van der Waals surface area contributed by atoms with Crippen LogP contribution in [0.1, 0.15) is 22.7 Å². The van der Waals surface area contributed by atoms with Crippen molar-refractivity contribution in [2.24, 2.45) is 12.8 Å². The van der Waals surface area contributed by atoms with Crippen molar-refractivity contribution >= 4 is 0 Å². The lowest BCUT2D eigenvalue weighted by atomic mass is 9.96. The molecule has 0 radical (unpaired) electrons. The maximum absolute atomic E-state index is 13.2. The van der Waals surface area contributed by atoms with Gasteiger partial charge in [0.15, 0.2) is 0 Å². The molecule has 0 fully saturated rings. The van der Waals surface area contributed by atoms with Gasteiger partial charge in [0.25, 0.3) is 0 Å². The number of halogens is 4. The lowest BCUT2D eigenvalue weighted by Gasteiger charge is -2.17. The van der Waals surface area contributed by atoms with Crippen molar-refractivity contribution in [2.75, 3.05) is 0 Å². The largest absolute Gasteiger partial charge is 0.416 e. The molecule has 0 saturated heterocycles. The van der Waals surface area contributed by atoms with Crippen molar-refractivity contribution < 1.29 is 17.6 Å². The smallest absolute Gasteiger partial charge is 0.320 e. The lowest BCUT2D eigenvalue weighted by molar-refractivity contribution is -0.138. The van der Waals surface area contributed by atoms with Gasteiger partial charge in [-0.05, 0) is 23.8 Å². The van der Waals surface area contributed by atoms with Crippen molar-refractivity contribution in [3.8, 4) is 0 Å². The Kier molecular flexibility index (Phi) is 3.32. The Labute approximate surface area is 106 Å². The molecule has 0 spiro atoms. The molecule has 0 aliphatic rings. The fourth-order valence-electron chi connectivity index (χ4n) is 1.83. The zero-order valence-electron chi connectivity index (χ0n) is 9.95. The maximum Gasteiger partial charge on any atom is 0.416 e. The highest BCUT2D eigenvalue weighted by atomic mass is 19.4. The first-order chi connectivity index (χ1) is 8.79. The average molecular weight is 273 g/mol. The summed E-state index contributed by atoms with van der Waals surface area (Å²) in [4.78, 5) is 0. The van der Waals surface area contributed by atoms with E-state index in [1.807, 2.05) is 0 Å². The van der Waals surface area contributed by atoms with Crippen LogP contribution in [0.3, 0.4) is 0 Å². The summed E-state index contributed by atoms with van der Waals surface area (Å²) in [6.45, 7) is 0. The lowest BCUT2D eigenvalue weighted by Crippen LogP contribution is -2.18. The first kappa shape index (κ1) is 13.5. The van der Waals surface area contributed by atoms with Crippen LogP contribution in [-0.2, 0) is 13.2 Å². The fraction of sp³-hybridized carbons (Fsp3) is 0.250. The first-order valence-corrected chi connectivity index (χ1v) is 5.40. The van der Waals surface area contributed by atoms with Crippen molar-refractivity contribution in [2.45, 2.75) is 12.2 Å². The quantitative estimate of drug-likeness (QED) is 0.855. The van der Waals surface area contributed by atoms with Gasteiger partial charge in [0.2, 0.25) is 0 Å². The molecule has 1 unspecified atom stereocenters. The molecule has 0 amide bonds. The van der Waals surface area contributed by atoms with Gasteiger partial charge in [-0.15, -0.1) is 0 Å². The van der Waals surface area contributed by atoms with Crippen LogP contribution in [0.5, 0.6) is 0 Å². The molecule has 0 aliphatic heterocycles. The Morgan fingerprint density at radius 2 is 2.00 bits per heavy atom. The van der Waals surface area contributed by atoms with Gasteiger partial charge < -0.3 is 5.73 Å². The van der Waals surface area contributed by atoms with Crippen molar-refractivity contribution in [1.82, 2.24) is 9.78 Å². The zero-order chi connectivity index (χ0) is 14.2. The second-order valence-electron chi connectivity index (χ2n) is 4.15. The van der Waals surface area contributed by atoms with E-state index in [2.05, 4.69) is 5.10 Å². The van der Waals surface area contributed by atoms with Gasteiger partial charge in [-0.1, -0.05) is 0 Å². The Morgan fingerprint density at radius 3 is 2.53 bits per heavy atom. The second kappa shape index (κ2) is 4.65. The van der Waals surface area contributed by atoms with Crippen LogP contribution in [0.4, 0.5) is 17.6 Å². The van der Waals surface area contributed by atoms with Gasteiger partial charge in [-0.25, -0.2) is 4.39 Å². The molecular weight excluding hydrogens is 262 g/mol. The van der Waals surface area contributed by atoms with Crippen LogP contribution < -0.4 is 5.73 Å². The standard InChI is InChI=1S/C12H11F4N3/c1-19-6-7(5-18-19)11(17)9-4-8(13)2-3-10(9)12(14,15)16/h2-6,11H,17H2,1H3. The summed E-state index contributed by atoms with van der Waals surface area (Å²) in [5.74, 6) is -0.762. The summed E-state index contributed by atoms with van der Waals surface area (Å²) in [6, 6.07) is 1.19. The van der Waals surface area contributed by atoms with E-state index in [4.69, 9.17) is 5.73 Å². The molecule has 1 atom stereocenters. The van der Waals surface area contributed by atoms with Crippen molar-refractivity contribution in [1.29, 1.82) is 0 Å². The molecule has 2 aromatic rings. The molecule has 1 aromatic carbocycles. The van der Waals surface area contributed by atoms with Crippen molar-refractivity contribution in [3.05, 3.63) is 53.1 Å². The number of hydrogen-bond acceptors (Lipinski definition) is 2. The Morgan fingerprint density at radius 1 is 1.32 bits per heavy atom. The van der Waals surface area contributed by atoms with E-state index < -0.39 is 23.6 Å². The number of aryl methyl sites for hydroxylation is 1. The van der Waals surface area contributed by atoms with Gasteiger partial charge in [0.05, 0.1) is 17.8 Å². The summed E-state index contributed by atoms with van der Waals surface area (Å²) in [6.07, 6.45) is -1.73. The number of nitrogens with zero attached hydrogens (tertiary/aromatic N) is 2. The van der Waals surface area contributed by atoms with Crippen LogP contribution in [-0.4, -0.2) is 9.78 Å². The Balaban J connectivity index is 2.51. The summed E-state index contributed by atoms with van der Waals surface area (Å²) in [7, 11) is 1.62. The highest BCUT2D eigenvalue weighted by Gasteiger charge is 2.35. The molecular formula is C12H11F4N3. The SMILES string of the molecule is Cn1cc(C(N)c2cc(F)ccc2C(F)(F)F)cn1. The number of alkyl halides is 3. The van der Waals surface area contributed by atoms with E-state index in [9.17, 15) is 17.6 Å². The summed E-state index contributed by atoms with van der Waals surface area (Å²) in [5.41, 5.74) is 4.92. The van der Waals surface area contributed by atoms with Crippen LogP contribution >= 0.6 is 0 Å². The molecule has 1 aromatic heterocycles. The molecule has 1 heterocycles. The average Bonchev–Trinajstić information content (AvgIpc) is 2.73. The first-order valence-electron chi connectivity index (χ1n) is 5.40. The zero-order valence-corrected chi connectivity index (χ0v) is 9.95. The minimum atomic E-state index is -4.58. The number of aromatic nitrogens is 2. The van der Waals surface area contributed by atoms with E-state index in [0.717, 1.165) is 12.1 Å². The maximum atomic E-state index is 13.2. The van der Waals surface area contributed by atoms with Gasteiger partial charge in [-0.2, -0.15) is 18.3 Å². The topological polar surface area (TPSA) is 43.8 Å². The molecule has 2 N–H and O–H groups in total. The fourth-order valence-corrected chi connectivity index (χ4v) is 1.83. The summed E-state index contributed by atoms with van der Waals surface area (Å²) >= 11 is 0. The van der Waals surface area contributed by atoms with E-state index in [0.29, 0.717) is 11.6 Å². The Hall–Kier alpha value is -1.89. The number of rotatable bonds is 2. The minimum Gasteiger partial charge on any atom is -0.320 e. The third-order valence-corrected chi connectivity index (χ3v) is 2.74. The molecule has 3 nitrogen and oxygen atoms in total. The normalized spacial score (nSPS) is 13.6. The third kappa shape index (κ3) is 2.76. The molecule has 2 rings (SSSR count). The second-order valence-corrected chi connectivity index (χ2v) is 4.15. The van der Waals surface area contributed by atoms with E-state index in [1.54, 1.807) is 7.05 Å². The predicted octanol–water partition coefficient (Wildman–Crippen LogP) is 2.63. The molecule has 7 heteroatoms. The molecule has 19 heavy (non-hydrogen) atoms. The monoisotopic (exact) mass is 273 g/mol. The van der Waals surface area contributed by atoms with Crippen LogP contribution in [0.25, 0.3) is 0 Å². The van der Waals surface area contributed by atoms with Gasteiger partial charge >= 0.3 is 6.18 Å². The third-order valence-electron chi connectivity index (χ3n) is 2.74. The highest BCUT2D eigenvalue weighted by molar-refractivity contribution is 5.37. The van der Waals surface area contributed by atoms with Crippen molar-refractivity contribution in [3.63, 3.8) is 0 Å². The highest BCUT2D eigenvalue weighted by Crippen LogP contribution is 2.36. The van der Waals surface area contributed by atoms with E-state index >= 15 is 0 Å². The summed E-state index contributed by atoms with van der Waals surface area (Å²) in [5, 5.41) is 3.84. The van der Waals surface area contributed by atoms with Gasteiger partial charge in [-0.3, -0.25) is 4.68 Å². The molecule has 0 aliphatic carbocycles. The van der Waals surface area contributed by atoms with Gasteiger partial charge in [0.1, 0.15) is 5.82 Å². The van der Waals surface area contributed by atoms with Crippen LogP contribution in [0, 0.1) is 5.82 Å². The Bertz CT molecular complexity index is 589. The predicted molar refractivity (Wildman–Crippen MR) is 60.6 cm³/mol. The van der Waals surface area contributed by atoms with E-state index in [1.165, 1.54) is 17.1 Å². The van der Waals surface area contributed by atoms with Crippen LogP contribution in [0.2, 0.25) is 0 Å². The van der Waals surface area contributed by atoms with Crippen LogP contribution in [0.15, 0.2) is 30.6 Å². The summed E-state index contributed by atoms with van der Waals surface area (Å²) < 4.78 is 53.2. The van der Waals surface area contributed by atoms with Gasteiger partial charge in [0, 0.05) is 18.8 Å². The minimum absolute atomic E-state index is 0.305. The van der Waals surface area contributed by atoms with E-state index in [-0.39, 0.29) is 5.56 Å². The molecule has 0 saturated carbocycles. The number of benzene rings is 1. The number of nitrogens with two attached hydrogens (primary N) is 1.